The van der Waals surface area contributed by atoms with Gasteiger partial charge in [0.15, 0.2) is 9.84 Å². The Hall–Kier alpha value is -1.40. The number of hydrogen-bond acceptors (Lipinski definition) is 4. The normalized spacial score (nSPS) is 12.4. The number of hydrogen-bond donors (Lipinski definition) is 1. The zero-order chi connectivity index (χ0) is 13.3. The Morgan fingerprint density at radius 2 is 2.11 bits per heavy atom. The monoisotopic (exact) mass is 268 g/mol. The molecular formula is C12H16N2O3S. The quantitative estimate of drug-likeness (QED) is 0.919. The number of imidazole rings is 1. The highest BCUT2D eigenvalue weighted by Gasteiger charge is 2.15. The fraction of sp³-hybridized carbons (Fsp3) is 0.417. The summed E-state index contributed by atoms with van der Waals surface area (Å²) in [5, 5.41) is 0. The van der Waals surface area contributed by atoms with Crippen molar-refractivity contribution in [2.24, 2.45) is 0 Å². The molecule has 18 heavy (non-hydrogen) atoms. The van der Waals surface area contributed by atoms with Crippen LogP contribution in [0.3, 0.4) is 0 Å². The molecule has 0 bridgehead atoms. The minimum atomic E-state index is -3.27. The summed E-state index contributed by atoms with van der Waals surface area (Å²) in [4.78, 5) is 7.60. The minimum Gasteiger partial charge on any atom is -0.371 e. The van der Waals surface area contributed by atoms with E-state index in [1.54, 1.807) is 18.2 Å². The van der Waals surface area contributed by atoms with Gasteiger partial charge in [-0.05, 0) is 26.0 Å². The third-order valence-corrected chi connectivity index (χ3v) is 3.61. The van der Waals surface area contributed by atoms with Crippen molar-refractivity contribution in [3.63, 3.8) is 0 Å². The number of ether oxygens (including phenoxy) is 1. The number of nitrogens with one attached hydrogen (secondary N) is 1. The van der Waals surface area contributed by atoms with E-state index >= 15 is 0 Å². The van der Waals surface area contributed by atoms with Crippen LogP contribution in [0.5, 0.6) is 0 Å². The van der Waals surface area contributed by atoms with E-state index in [4.69, 9.17) is 4.74 Å². The molecule has 0 saturated carbocycles. The first-order valence-corrected chi connectivity index (χ1v) is 7.56. The lowest BCUT2D eigenvalue weighted by Gasteiger charge is -2.03. The van der Waals surface area contributed by atoms with Gasteiger partial charge >= 0.3 is 0 Å². The van der Waals surface area contributed by atoms with E-state index in [1.807, 2.05) is 13.8 Å². The molecule has 0 fully saturated rings. The molecule has 1 N–H and O–H groups in total. The Labute approximate surface area is 106 Å². The summed E-state index contributed by atoms with van der Waals surface area (Å²) < 4.78 is 28.7. The van der Waals surface area contributed by atoms with Crippen LogP contribution in [-0.2, 0) is 21.2 Å². The Morgan fingerprint density at radius 1 is 1.39 bits per heavy atom. The Bertz CT molecular complexity index is 659. The number of para-hydroxylation sites is 1. The Kier molecular flexibility index (Phi) is 3.41. The zero-order valence-corrected chi connectivity index (χ0v) is 11.4. The molecule has 2 rings (SSSR count). The predicted octanol–water partition coefficient (Wildman–Crippen LogP) is 1.89. The molecular weight excluding hydrogens is 252 g/mol. The third-order valence-electron chi connectivity index (χ3n) is 2.48. The van der Waals surface area contributed by atoms with E-state index in [0.717, 1.165) is 0 Å². The Morgan fingerprint density at radius 3 is 2.72 bits per heavy atom. The second-order valence-electron chi connectivity index (χ2n) is 4.47. The fourth-order valence-corrected chi connectivity index (χ4v) is 2.50. The van der Waals surface area contributed by atoms with Crippen molar-refractivity contribution in [1.29, 1.82) is 0 Å². The first kappa shape index (κ1) is 13.0. The van der Waals surface area contributed by atoms with Crippen molar-refractivity contribution in [3.8, 4) is 0 Å². The van der Waals surface area contributed by atoms with Crippen molar-refractivity contribution in [2.75, 3.05) is 6.26 Å². The lowest BCUT2D eigenvalue weighted by Crippen LogP contribution is -2.03. The van der Waals surface area contributed by atoms with Crippen LogP contribution >= 0.6 is 0 Å². The maximum absolute atomic E-state index is 11.6. The largest absolute Gasteiger partial charge is 0.371 e. The molecule has 0 saturated heterocycles. The van der Waals surface area contributed by atoms with Gasteiger partial charge in [0.05, 0.1) is 16.5 Å². The van der Waals surface area contributed by atoms with E-state index < -0.39 is 9.84 Å². The summed E-state index contributed by atoms with van der Waals surface area (Å²) in [6.07, 6.45) is 1.29. The lowest BCUT2D eigenvalue weighted by molar-refractivity contribution is 0.0618. The van der Waals surface area contributed by atoms with Crippen molar-refractivity contribution < 1.29 is 13.2 Å². The van der Waals surface area contributed by atoms with Gasteiger partial charge in [0, 0.05) is 6.26 Å². The Balaban J connectivity index is 2.45. The molecule has 5 nitrogen and oxygen atoms in total. The number of H-pyrrole nitrogens is 1. The molecule has 1 heterocycles. The summed E-state index contributed by atoms with van der Waals surface area (Å²) in [5.74, 6) is 0.634. The molecule has 1 aromatic carbocycles. The first-order valence-electron chi connectivity index (χ1n) is 5.67. The van der Waals surface area contributed by atoms with Crippen LogP contribution in [0.15, 0.2) is 23.1 Å². The molecule has 0 aliphatic rings. The molecule has 0 radical (unpaired) electrons. The molecule has 0 aliphatic carbocycles. The van der Waals surface area contributed by atoms with Gasteiger partial charge in [0.2, 0.25) is 0 Å². The summed E-state index contributed by atoms with van der Waals surface area (Å²) in [6, 6.07) is 5.06. The van der Waals surface area contributed by atoms with Crippen LogP contribution in [0.2, 0.25) is 0 Å². The molecule has 98 valence electrons. The molecule has 0 atom stereocenters. The molecule has 1 aromatic heterocycles. The second kappa shape index (κ2) is 4.70. The molecule has 6 heteroatoms. The van der Waals surface area contributed by atoms with Crippen LogP contribution in [0.25, 0.3) is 11.0 Å². The number of sulfone groups is 1. The van der Waals surface area contributed by atoms with Gasteiger partial charge < -0.3 is 9.72 Å². The van der Waals surface area contributed by atoms with E-state index in [-0.39, 0.29) is 11.0 Å². The molecule has 0 unspecified atom stereocenters. The number of aromatic nitrogens is 2. The molecule has 2 aromatic rings. The number of rotatable bonds is 4. The van der Waals surface area contributed by atoms with E-state index in [9.17, 15) is 8.42 Å². The summed E-state index contributed by atoms with van der Waals surface area (Å²) in [7, 11) is -3.27. The average Bonchev–Trinajstić information content (AvgIpc) is 2.66. The van der Waals surface area contributed by atoms with Crippen molar-refractivity contribution >= 4 is 20.9 Å². The zero-order valence-electron chi connectivity index (χ0n) is 10.6. The topological polar surface area (TPSA) is 72.0 Å². The van der Waals surface area contributed by atoms with Gasteiger partial charge in [-0.25, -0.2) is 13.4 Å². The van der Waals surface area contributed by atoms with E-state index in [0.29, 0.717) is 23.5 Å². The third kappa shape index (κ3) is 2.70. The SMILES string of the molecule is CC(C)OCc1nc2c(S(C)(=O)=O)cccc2[nH]1. The van der Waals surface area contributed by atoms with Gasteiger partial charge in [0.25, 0.3) is 0 Å². The van der Waals surface area contributed by atoms with Gasteiger partial charge in [-0.2, -0.15) is 0 Å². The van der Waals surface area contributed by atoms with Crippen LogP contribution < -0.4 is 0 Å². The number of fused-ring (bicyclic) bond motifs is 1. The smallest absolute Gasteiger partial charge is 0.177 e. The van der Waals surface area contributed by atoms with Gasteiger partial charge in [-0.1, -0.05) is 6.07 Å². The number of aromatic amines is 1. The highest BCUT2D eigenvalue weighted by atomic mass is 32.2. The number of benzene rings is 1. The maximum Gasteiger partial charge on any atom is 0.177 e. The van der Waals surface area contributed by atoms with Crippen molar-refractivity contribution in [1.82, 2.24) is 9.97 Å². The van der Waals surface area contributed by atoms with E-state index in [2.05, 4.69) is 9.97 Å². The molecule has 0 aliphatic heterocycles. The van der Waals surface area contributed by atoms with Crippen molar-refractivity contribution in [2.45, 2.75) is 31.5 Å². The summed E-state index contributed by atoms with van der Waals surface area (Å²) in [6.45, 7) is 4.21. The van der Waals surface area contributed by atoms with Crippen LogP contribution in [0, 0.1) is 0 Å². The highest BCUT2D eigenvalue weighted by Crippen LogP contribution is 2.21. The standard InChI is InChI=1S/C12H16N2O3S/c1-8(2)17-7-11-13-9-5-4-6-10(12(9)14-11)18(3,15)16/h4-6,8H,7H2,1-3H3,(H,13,14). The van der Waals surface area contributed by atoms with Crippen LogP contribution in [-0.4, -0.2) is 30.7 Å². The second-order valence-corrected chi connectivity index (χ2v) is 6.45. The van der Waals surface area contributed by atoms with Gasteiger partial charge in [-0.3, -0.25) is 0 Å². The fourth-order valence-electron chi connectivity index (χ4n) is 1.67. The predicted molar refractivity (Wildman–Crippen MR) is 69.1 cm³/mol. The minimum absolute atomic E-state index is 0.104. The van der Waals surface area contributed by atoms with Gasteiger partial charge in [-0.15, -0.1) is 0 Å². The summed E-state index contributed by atoms with van der Waals surface area (Å²) in [5.41, 5.74) is 1.18. The highest BCUT2D eigenvalue weighted by molar-refractivity contribution is 7.91. The first-order chi connectivity index (χ1) is 8.38. The number of nitrogens with zero attached hydrogens (tertiary/aromatic N) is 1. The van der Waals surface area contributed by atoms with Crippen molar-refractivity contribution in [3.05, 3.63) is 24.0 Å². The van der Waals surface area contributed by atoms with Crippen LogP contribution in [0.4, 0.5) is 0 Å². The maximum atomic E-state index is 11.6. The summed E-state index contributed by atoms with van der Waals surface area (Å²) >= 11 is 0. The van der Waals surface area contributed by atoms with Crippen LogP contribution in [0.1, 0.15) is 19.7 Å². The lowest BCUT2D eigenvalue weighted by atomic mass is 10.3. The molecule has 0 amide bonds. The van der Waals surface area contributed by atoms with Gasteiger partial charge in [0.1, 0.15) is 17.9 Å². The average molecular weight is 268 g/mol. The van der Waals surface area contributed by atoms with E-state index in [1.165, 1.54) is 6.26 Å². The molecule has 0 spiro atoms.